The van der Waals surface area contributed by atoms with E-state index in [1.807, 2.05) is 0 Å². The minimum Gasteiger partial charge on any atom is -0.298 e. The van der Waals surface area contributed by atoms with Gasteiger partial charge in [0.15, 0.2) is 11.4 Å². The molecule has 0 radical (unpaired) electrons. The van der Waals surface area contributed by atoms with Crippen LogP contribution >= 0.6 is 27.7 Å². The lowest BCUT2D eigenvalue weighted by Crippen LogP contribution is -2.33. The van der Waals surface area contributed by atoms with Gasteiger partial charge in [0.05, 0.1) is 0 Å². The molecule has 0 unspecified atom stereocenters. The summed E-state index contributed by atoms with van der Waals surface area (Å²) in [6.45, 7) is 0. The third-order valence-electron chi connectivity index (χ3n) is 2.25. The van der Waals surface area contributed by atoms with Gasteiger partial charge in [-0.15, -0.1) is 0 Å². The average molecular weight is 342 g/mol. The normalized spacial score (nSPS) is 10.4. The van der Waals surface area contributed by atoms with Gasteiger partial charge in [0.1, 0.15) is 0 Å². The Kier molecular flexibility index (Phi) is 4.01. The molecule has 1 N–H and O–H groups in total. The molecule has 0 spiro atoms. The van der Waals surface area contributed by atoms with Gasteiger partial charge in [-0.2, -0.15) is 4.98 Å². The molecule has 6 nitrogen and oxygen atoms in total. The van der Waals surface area contributed by atoms with E-state index in [4.69, 9.17) is 0 Å². The number of aldehydes is 1. The van der Waals surface area contributed by atoms with Crippen LogP contribution in [0.15, 0.2) is 42.3 Å². The summed E-state index contributed by atoms with van der Waals surface area (Å²) < 4.78 is 2.14. The lowest BCUT2D eigenvalue weighted by Gasteiger charge is -2.07. The molecule has 98 valence electrons. The van der Waals surface area contributed by atoms with Crippen LogP contribution in [0.5, 0.6) is 0 Å². The monoisotopic (exact) mass is 341 g/mol. The number of carbonyl (C=O) groups is 1. The third kappa shape index (κ3) is 3.02. The van der Waals surface area contributed by atoms with Gasteiger partial charge in [-0.05, 0) is 30.0 Å². The summed E-state index contributed by atoms with van der Waals surface area (Å²) in [5, 5.41) is 2.64. The Morgan fingerprint density at radius 1 is 1.42 bits per heavy atom. The number of rotatable bonds is 3. The Hall–Kier alpha value is -1.67. The van der Waals surface area contributed by atoms with Crippen molar-refractivity contribution >= 4 is 34.0 Å². The molecule has 0 aliphatic rings. The van der Waals surface area contributed by atoms with Crippen molar-refractivity contribution in [3.8, 4) is 0 Å². The summed E-state index contributed by atoms with van der Waals surface area (Å²) in [6.07, 6.45) is 0.721. The van der Waals surface area contributed by atoms with Crippen LogP contribution in [0, 0.1) is 0 Å². The fraction of sp³-hybridized carbons (Fsp3) is 0.0909. The van der Waals surface area contributed by atoms with Gasteiger partial charge in [0.25, 0.3) is 0 Å². The number of benzene rings is 1. The van der Waals surface area contributed by atoms with Crippen LogP contribution in [-0.2, 0) is 7.05 Å². The number of aryl methyl sites for hydroxylation is 1. The van der Waals surface area contributed by atoms with Gasteiger partial charge >= 0.3 is 11.1 Å². The maximum atomic E-state index is 11.2. The van der Waals surface area contributed by atoms with Crippen molar-refractivity contribution in [3.05, 3.63) is 48.9 Å². The lowest BCUT2D eigenvalue weighted by atomic mass is 10.2. The van der Waals surface area contributed by atoms with Gasteiger partial charge in [-0.3, -0.25) is 24.2 Å². The average Bonchev–Trinajstić information content (AvgIpc) is 2.36. The zero-order valence-electron chi connectivity index (χ0n) is 9.71. The van der Waals surface area contributed by atoms with Crippen LogP contribution in [0.1, 0.15) is 10.4 Å². The number of hydrogen-bond acceptors (Lipinski definition) is 5. The quantitative estimate of drug-likeness (QED) is 0.669. The Bertz CT molecular complexity index is 754. The minimum atomic E-state index is -0.858. The van der Waals surface area contributed by atoms with Crippen molar-refractivity contribution in [1.82, 2.24) is 14.8 Å². The molecular formula is C11H8BrN3O3S. The van der Waals surface area contributed by atoms with Gasteiger partial charge in [-0.25, -0.2) is 0 Å². The van der Waals surface area contributed by atoms with Crippen molar-refractivity contribution in [2.75, 3.05) is 0 Å². The highest BCUT2D eigenvalue weighted by Crippen LogP contribution is 2.29. The summed E-state index contributed by atoms with van der Waals surface area (Å²) >= 11 is 4.43. The van der Waals surface area contributed by atoms with E-state index >= 15 is 0 Å². The molecule has 2 aromatic rings. The van der Waals surface area contributed by atoms with Crippen LogP contribution in [0.3, 0.4) is 0 Å². The van der Waals surface area contributed by atoms with E-state index in [9.17, 15) is 14.4 Å². The topological polar surface area (TPSA) is 84.8 Å². The predicted octanol–water partition coefficient (Wildman–Crippen LogP) is 1.19. The number of halogens is 1. The minimum absolute atomic E-state index is 0.297. The number of carbonyl (C=O) groups excluding carboxylic acids is 1. The second-order valence-corrected chi connectivity index (χ2v) is 5.53. The molecule has 0 aliphatic carbocycles. The van der Waals surface area contributed by atoms with Crippen LogP contribution in [-0.4, -0.2) is 21.1 Å². The Morgan fingerprint density at radius 2 is 2.16 bits per heavy atom. The standard InChI is InChI=1S/C11H8BrN3O3S/c1-15-11(13-9(17)10(18)14-15)19-8-4-7(12)3-2-6(8)5-16/h2-5H,1H3,(H,14,18). The number of aromatic amines is 1. The second-order valence-electron chi connectivity index (χ2n) is 3.60. The van der Waals surface area contributed by atoms with E-state index in [-0.39, 0.29) is 0 Å². The molecule has 0 fully saturated rings. The van der Waals surface area contributed by atoms with Crippen molar-refractivity contribution < 1.29 is 4.79 Å². The van der Waals surface area contributed by atoms with Crippen molar-refractivity contribution in [1.29, 1.82) is 0 Å². The molecular weight excluding hydrogens is 334 g/mol. The summed E-state index contributed by atoms with van der Waals surface area (Å²) in [7, 11) is 1.56. The zero-order valence-corrected chi connectivity index (χ0v) is 12.1. The van der Waals surface area contributed by atoms with Crippen molar-refractivity contribution in [2.45, 2.75) is 10.1 Å². The van der Waals surface area contributed by atoms with E-state index in [0.29, 0.717) is 15.6 Å². The first-order valence-corrected chi connectivity index (χ1v) is 6.72. The molecule has 1 heterocycles. The molecule has 2 rings (SSSR count). The van der Waals surface area contributed by atoms with Crippen molar-refractivity contribution in [3.63, 3.8) is 0 Å². The first kappa shape index (κ1) is 13.8. The summed E-state index contributed by atoms with van der Waals surface area (Å²) in [5.74, 6) is 0. The first-order valence-electron chi connectivity index (χ1n) is 5.11. The number of hydrogen-bond donors (Lipinski definition) is 1. The van der Waals surface area contributed by atoms with Gasteiger partial charge in [0, 0.05) is 22.0 Å². The molecule has 0 saturated heterocycles. The molecule has 0 amide bonds. The van der Waals surface area contributed by atoms with Crippen LogP contribution < -0.4 is 11.1 Å². The summed E-state index contributed by atoms with van der Waals surface area (Å²) in [5.41, 5.74) is -1.16. The zero-order chi connectivity index (χ0) is 14.0. The molecule has 1 aromatic carbocycles. The number of nitrogens with zero attached hydrogens (tertiary/aromatic N) is 2. The SMILES string of the molecule is Cn1[nH]c(=O)c(=O)nc1Sc1cc(Br)ccc1C=O. The van der Waals surface area contributed by atoms with Crippen molar-refractivity contribution in [2.24, 2.45) is 7.05 Å². The lowest BCUT2D eigenvalue weighted by molar-refractivity contribution is 0.112. The molecule has 0 aliphatic heterocycles. The molecule has 8 heteroatoms. The highest BCUT2D eigenvalue weighted by atomic mass is 79.9. The van der Waals surface area contributed by atoms with Gasteiger partial charge in [-0.1, -0.05) is 15.9 Å². The second kappa shape index (κ2) is 5.54. The van der Waals surface area contributed by atoms with E-state index in [2.05, 4.69) is 26.0 Å². The molecule has 0 saturated carbocycles. The fourth-order valence-electron chi connectivity index (χ4n) is 1.34. The predicted molar refractivity (Wildman–Crippen MR) is 73.8 cm³/mol. The highest BCUT2D eigenvalue weighted by molar-refractivity contribution is 9.10. The number of nitrogens with one attached hydrogen (secondary N) is 1. The fourth-order valence-corrected chi connectivity index (χ4v) is 2.78. The van der Waals surface area contributed by atoms with Gasteiger partial charge < -0.3 is 0 Å². The molecule has 1 aromatic heterocycles. The van der Waals surface area contributed by atoms with E-state index < -0.39 is 11.1 Å². The number of H-pyrrole nitrogens is 1. The summed E-state index contributed by atoms with van der Waals surface area (Å²) in [6, 6.07) is 5.14. The summed E-state index contributed by atoms with van der Waals surface area (Å²) in [4.78, 5) is 37.6. The molecule has 0 bridgehead atoms. The molecule has 19 heavy (non-hydrogen) atoms. The Balaban J connectivity index is 2.49. The Labute approximate surface area is 120 Å². The maximum Gasteiger partial charge on any atom is 0.339 e. The van der Waals surface area contributed by atoms with Crippen LogP contribution in [0.4, 0.5) is 0 Å². The maximum absolute atomic E-state index is 11.2. The van der Waals surface area contributed by atoms with E-state index in [1.54, 1.807) is 25.2 Å². The Morgan fingerprint density at radius 3 is 2.84 bits per heavy atom. The first-order chi connectivity index (χ1) is 9.01. The highest BCUT2D eigenvalue weighted by Gasteiger charge is 2.10. The van der Waals surface area contributed by atoms with E-state index in [1.165, 1.54) is 4.68 Å². The number of aromatic nitrogens is 3. The van der Waals surface area contributed by atoms with E-state index in [0.717, 1.165) is 22.5 Å². The van der Waals surface area contributed by atoms with Crippen LogP contribution in [0.2, 0.25) is 0 Å². The smallest absolute Gasteiger partial charge is 0.298 e. The van der Waals surface area contributed by atoms with Crippen LogP contribution in [0.25, 0.3) is 0 Å². The van der Waals surface area contributed by atoms with Gasteiger partial charge in [0.2, 0.25) is 0 Å². The largest absolute Gasteiger partial charge is 0.339 e. The molecule has 0 atom stereocenters. The third-order valence-corrected chi connectivity index (χ3v) is 3.87.